The van der Waals surface area contributed by atoms with Crippen molar-refractivity contribution in [2.24, 2.45) is 17.8 Å². The molecule has 4 nitrogen and oxygen atoms in total. The summed E-state index contributed by atoms with van der Waals surface area (Å²) in [5.41, 5.74) is 0. The molecule has 0 aromatic rings. The predicted octanol–water partition coefficient (Wildman–Crippen LogP) is 3.44. The average Bonchev–Trinajstić information content (AvgIpc) is 3.29. The van der Waals surface area contributed by atoms with Gasteiger partial charge in [-0.2, -0.15) is 0 Å². The molecule has 0 saturated heterocycles. The monoisotopic (exact) mass is 305 g/mol. The molecule has 0 atom stereocenters. The summed E-state index contributed by atoms with van der Waals surface area (Å²) in [5, 5.41) is 0. The van der Waals surface area contributed by atoms with Crippen LogP contribution in [0.4, 0.5) is 0 Å². The summed E-state index contributed by atoms with van der Waals surface area (Å²) in [4.78, 5) is 39.6. The van der Waals surface area contributed by atoms with E-state index in [0.717, 1.165) is 81.9 Å². The van der Waals surface area contributed by atoms with Crippen molar-refractivity contribution < 1.29 is 14.4 Å². The van der Waals surface area contributed by atoms with Crippen LogP contribution in [0.25, 0.3) is 0 Å². The average molecular weight is 305 g/mol. The molecular weight excluding hydrogens is 278 g/mol. The second kappa shape index (κ2) is 6.93. The molecule has 0 aliphatic heterocycles. The fraction of sp³-hybridized carbons (Fsp3) is 0.833. The van der Waals surface area contributed by atoms with Crippen LogP contribution < -0.4 is 0 Å². The van der Waals surface area contributed by atoms with Gasteiger partial charge in [0.25, 0.3) is 0 Å². The van der Waals surface area contributed by atoms with Crippen molar-refractivity contribution in [2.45, 2.75) is 77.0 Å². The summed E-state index contributed by atoms with van der Waals surface area (Å²) in [6, 6.07) is 0. The van der Waals surface area contributed by atoms with Gasteiger partial charge in [-0.3, -0.25) is 14.4 Å². The van der Waals surface area contributed by atoms with Gasteiger partial charge in [0.05, 0.1) is 0 Å². The predicted molar refractivity (Wildman–Crippen MR) is 82.7 cm³/mol. The molecule has 0 aromatic heterocycles. The molecule has 3 aliphatic carbocycles. The van der Waals surface area contributed by atoms with Crippen molar-refractivity contribution in [1.29, 1.82) is 0 Å². The van der Waals surface area contributed by atoms with Gasteiger partial charge in [-0.05, 0) is 38.5 Å². The van der Waals surface area contributed by atoms with Crippen molar-refractivity contribution in [3.05, 3.63) is 0 Å². The minimum atomic E-state index is -0.189. The van der Waals surface area contributed by atoms with Gasteiger partial charge in [0.15, 0.2) is 0 Å². The zero-order valence-corrected chi connectivity index (χ0v) is 13.4. The smallest absolute Gasteiger partial charge is 0.239 e. The molecule has 3 fully saturated rings. The van der Waals surface area contributed by atoms with Gasteiger partial charge in [-0.25, -0.2) is 4.90 Å². The minimum absolute atomic E-state index is 0.101. The second-order valence-electron chi connectivity index (χ2n) is 7.29. The lowest BCUT2D eigenvalue weighted by molar-refractivity contribution is -0.159. The maximum absolute atomic E-state index is 12.8. The number of hydrogen-bond acceptors (Lipinski definition) is 3. The summed E-state index contributed by atoms with van der Waals surface area (Å²) < 4.78 is 0. The topological polar surface area (TPSA) is 54.5 Å². The lowest BCUT2D eigenvalue weighted by Gasteiger charge is -2.27. The summed E-state index contributed by atoms with van der Waals surface area (Å²) in [5.74, 6) is -0.869. The molecule has 3 amide bonds. The van der Waals surface area contributed by atoms with E-state index >= 15 is 0 Å². The van der Waals surface area contributed by atoms with Crippen molar-refractivity contribution >= 4 is 17.7 Å². The number of hydrogen-bond donors (Lipinski definition) is 0. The molecule has 3 saturated carbocycles. The van der Waals surface area contributed by atoms with Crippen LogP contribution in [0.5, 0.6) is 0 Å². The van der Waals surface area contributed by atoms with E-state index in [9.17, 15) is 14.4 Å². The third-order valence-electron chi connectivity index (χ3n) is 5.77. The van der Waals surface area contributed by atoms with E-state index in [2.05, 4.69) is 0 Å². The Morgan fingerprint density at radius 2 is 0.727 bits per heavy atom. The third kappa shape index (κ3) is 3.11. The van der Waals surface area contributed by atoms with Crippen LogP contribution in [-0.2, 0) is 14.4 Å². The van der Waals surface area contributed by atoms with Crippen LogP contribution in [0.3, 0.4) is 0 Å². The van der Waals surface area contributed by atoms with E-state index in [1.807, 2.05) is 0 Å². The largest absolute Gasteiger partial charge is 0.274 e. The molecule has 4 heteroatoms. The Kier molecular flexibility index (Phi) is 4.94. The highest BCUT2D eigenvalue weighted by Crippen LogP contribution is 2.33. The number of imide groups is 3. The number of carbonyl (C=O) groups excluding carboxylic acids is 3. The summed E-state index contributed by atoms with van der Waals surface area (Å²) in [6.45, 7) is 0. The summed E-state index contributed by atoms with van der Waals surface area (Å²) in [6.07, 6.45) is 11.3. The van der Waals surface area contributed by atoms with Gasteiger partial charge in [-0.1, -0.05) is 38.5 Å². The van der Waals surface area contributed by atoms with Crippen LogP contribution in [-0.4, -0.2) is 22.6 Å². The van der Waals surface area contributed by atoms with Crippen molar-refractivity contribution in [2.75, 3.05) is 0 Å². The van der Waals surface area contributed by atoms with Gasteiger partial charge in [0.1, 0.15) is 0 Å². The van der Waals surface area contributed by atoms with Gasteiger partial charge in [0.2, 0.25) is 17.7 Å². The van der Waals surface area contributed by atoms with E-state index in [0.29, 0.717) is 0 Å². The van der Waals surface area contributed by atoms with Gasteiger partial charge in [0, 0.05) is 17.8 Å². The van der Waals surface area contributed by atoms with Crippen LogP contribution in [0.15, 0.2) is 0 Å². The first-order valence-electron chi connectivity index (χ1n) is 9.10. The van der Waals surface area contributed by atoms with Crippen LogP contribution in [0.1, 0.15) is 77.0 Å². The Morgan fingerprint density at radius 3 is 0.955 bits per heavy atom. The SMILES string of the molecule is O=C(C1CCCC1)N(C(=O)C1CCCC1)C(=O)C1CCCC1. The highest BCUT2D eigenvalue weighted by Gasteiger charge is 2.41. The molecule has 0 aromatic carbocycles. The fourth-order valence-corrected chi connectivity index (χ4v) is 4.39. The Hall–Kier alpha value is -1.19. The van der Waals surface area contributed by atoms with Crippen LogP contribution in [0.2, 0.25) is 0 Å². The minimum Gasteiger partial charge on any atom is -0.274 e. The third-order valence-corrected chi connectivity index (χ3v) is 5.77. The Balaban J connectivity index is 1.78. The van der Waals surface area contributed by atoms with Crippen molar-refractivity contribution in [1.82, 2.24) is 4.90 Å². The van der Waals surface area contributed by atoms with Gasteiger partial charge in [-0.15, -0.1) is 0 Å². The summed E-state index contributed by atoms with van der Waals surface area (Å²) >= 11 is 0. The normalized spacial score (nSPS) is 24.0. The Morgan fingerprint density at radius 1 is 0.500 bits per heavy atom. The molecule has 3 aliphatic rings. The Bertz CT molecular complexity index is 375. The lowest BCUT2D eigenvalue weighted by Crippen LogP contribution is -2.49. The first kappa shape index (κ1) is 15.7. The van der Waals surface area contributed by atoms with E-state index in [1.165, 1.54) is 0 Å². The number of carbonyl (C=O) groups is 3. The van der Waals surface area contributed by atoms with E-state index < -0.39 is 0 Å². The molecule has 3 rings (SSSR count). The molecule has 0 spiro atoms. The maximum atomic E-state index is 12.8. The Labute approximate surface area is 132 Å². The molecule has 122 valence electrons. The van der Waals surface area contributed by atoms with E-state index in [1.54, 1.807) is 0 Å². The van der Waals surface area contributed by atoms with Crippen LogP contribution in [0, 0.1) is 17.8 Å². The lowest BCUT2D eigenvalue weighted by atomic mass is 9.99. The molecule has 0 bridgehead atoms. The molecule has 0 radical (unpaired) electrons. The number of rotatable bonds is 3. The zero-order chi connectivity index (χ0) is 15.5. The molecule has 0 unspecified atom stereocenters. The van der Waals surface area contributed by atoms with Crippen molar-refractivity contribution in [3.8, 4) is 0 Å². The highest BCUT2D eigenvalue weighted by molar-refractivity contribution is 6.12. The first-order valence-corrected chi connectivity index (χ1v) is 9.10. The van der Waals surface area contributed by atoms with Gasteiger partial charge >= 0.3 is 0 Å². The molecule has 22 heavy (non-hydrogen) atoms. The highest BCUT2D eigenvalue weighted by atomic mass is 16.2. The number of nitrogens with zero attached hydrogens (tertiary/aromatic N) is 1. The van der Waals surface area contributed by atoms with Gasteiger partial charge < -0.3 is 0 Å². The molecular formula is C18H27NO3. The quantitative estimate of drug-likeness (QED) is 0.751. The maximum Gasteiger partial charge on any atom is 0.239 e. The van der Waals surface area contributed by atoms with E-state index in [-0.39, 0.29) is 35.5 Å². The first-order chi connectivity index (χ1) is 10.7. The zero-order valence-electron chi connectivity index (χ0n) is 13.4. The molecule has 0 heterocycles. The molecule has 0 N–H and O–H groups in total. The number of amides is 3. The standard InChI is InChI=1S/C18H27NO3/c20-16(13-7-1-2-8-13)19(17(21)14-9-3-4-10-14)18(22)15-11-5-6-12-15/h13-15H,1-12H2. The van der Waals surface area contributed by atoms with Crippen molar-refractivity contribution in [3.63, 3.8) is 0 Å². The van der Waals surface area contributed by atoms with Crippen LogP contribution >= 0.6 is 0 Å². The summed E-state index contributed by atoms with van der Waals surface area (Å²) in [7, 11) is 0. The van der Waals surface area contributed by atoms with E-state index in [4.69, 9.17) is 0 Å². The fourth-order valence-electron chi connectivity index (χ4n) is 4.39. The second-order valence-corrected chi connectivity index (χ2v) is 7.29.